The number of Topliss-reactive ketones (excluding diaryl/α,β-unsaturated/α-hetero) is 2. The smallest absolute Gasteiger partial charge is 0.342 e. The Morgan fingerprint density at radius 2 is 1.26 bits per heavy atom. The zero-order valence-corrected chi connectivity index (χ0v) is 25.3. The summed E-state index contributed by atoms with van der Waals surface area (Å²) in [6.45, 7) is 2.89. The molecule has 0 saturated carbocycles. The van der Waals surface area contributed by atoms with Crippen LogP contribution in [0.2, 0.25) is 0 Å². The van der Waals surface area contributed by atoms with Gasteiger partial charge in [0.15, 0.2) is 17.7 Å². The summed E-state index contributed by atoms with van der Waals surface area (Å²) in [4.78, 5) is 69.0. The summed E-state index contributed by atoms with van der Waals surface area (Å²) in [7, 11) is 4.09. The summed E-state index contributed by atoms with van der Waals surface area (Å²) in [6.07, 6.45) is 1.77. The van der Waals surface area contributed by atoms with Gasteiger partial charge >= 0.3 is 23.9 Å². The van der Waals surface area contributed by atoms with Gasteiger partial charge in [-0.3, -0.25) is 19.2 Å². The number of esters is 4. The lowest BCUT2D eigenvalue weighted by Gasteiger charge is -2.15. The second kappa shape index (κ2) is 20.4. The molecule has 0 radical (unpaired) electrons. The zero-order chi connectivity index (χ0) is 32.2. The molecule has 0 aliphatic rings. The molecule has 0 fully saturated rings. The van der Waals surface area contributed by atoms with E-state index in [1.54, 1.807) is 49.4 Å². The molecule has 0 heterocycles. The van der Waals surface area contributed by atoms with Crippen molar-refractivity contribution in [3.63, 3.8) is 0 Å². The number of aryl methyl sites for hydroxylation is 1. The second-order valence-electron chi connectivity index (χ2n) is 9.39. The standard InChI is InChI=1S/C16H20O6.C16H20O5/c1-20-14-9-5-4-8-13(14)16(19)22-11-12(17)7-3-6-10-15(18)21-2;1-11-7-4-5-8-13(11)16(19)21-14(12(2)17)9-6-10-15(18)20-3/h4-5,8-9H,3,6-7,10-11H2,1-2H3;4-5,7-8,14H,6,9-10H2,1-3H3. The first kappa shape index (κ1) is 36.5. The Morgan fingerprint density at radius 1 is 0.698 bits per heavy atom. The monoisotopic (exact) mass is 600 g/mol. The van der Waals surface area contributed by atoms with E-state index in [2.05, 4.69) is 9.47 Å². The predicted octanol–water partition coefficient (Wildman–Crippen LogP) is 4.61. The van der Waals surface area contributed by atoms with E-state index in [-0.39, 0.29) is 54.9 Å². The minimum atomic E-state index is -0.832. The Kier molecular flexibility index (Phi) is 17.3. The van der Waals surface area contributed by atoms with Crippen molar-refractivity contribution in [3.8, 4) is 5.75 Å². The normalized spacial score (nSPS) is 10.7. The van der Waals surface area contributed by atoms with Crippen LogP contribution < -0.4 is 4.74 Å². The topological polar surface area (TPSA) is 149 Å². The van der Waals surface area contributed by atoms with Crippen molar-refractivity contribution in [2.24, 2.45) is 0 Å². The molecule has 2 aromatic carbocycles. The fourth-order valence-electron chi connectivity index (χ4n) is 3.68. The minimum absolute atomic E-state index is 0.187. The van der Waals surface area contributed by atoms with E-state index in [1.165, 1.54) is 28.3 Å². The molecule has 0 aliphatic heterocycles. The zero-order valence-electron chi connectivity index (χ0n) is 25.3. The van der Waals surface area contributed by atoms with Crippen LogP contribution in [-0.2, 0) is 38.1 Å². The third kappa shape index (κ3) is 14.3. The molecule has 43 heavy (non-hydrogen) atoms. The predicted molar refractivity (Wildman–Crippen MR) is 156 cm³/mol. The van der Waals surface area contributed by atoms with Gasteiger partial charge in [0.25, 0.3) is 0 Å². The Balaban J connectivity index is 0.000000430. The maximum absolute atomic E-state index is 12.1. The summed E-state index contributed by atoms with van der Waals surface area (Å²) in [5.41, 5.74) is 1.51. The van der Waals surface area contributed by atoms with Crippen LogP contribution in [0.5, 0.6) is 5.75 Å². The van der Waals surface area contributed by atoms with Gasteiger partial charge in [0.1, 0.15) is 17.9 Å². The van der Waals surface area contributed by atoms with Gasteiger partial charge < -0.3 is 23.7 Å². The van der Waals surface area contributed by atoms with E-state index in [1.807, 2.05) is 6.07 Å². The van der Waals surface area contributed by atoms with Crippen LogP contribution in [0, 0.1) is 6.92 Å². The minimum Gasteiger partial charge on any atom is -0.496 e. The number of rotatable bonds is 16. The van der Waals surface area contributed by atoms with Crippen LogP contribution in [0.4, 0.5) is 0 Å². The molecule has 0 amide bonds. The first-order valence-electron chi connectivity index (χ1n) is 13.8. The molecule has 1 unspecified atom stereocenters. The second-order valence-corrected chi connectivity index (χ2v) is 9.39. The maximum Gasteiger partial charge on any atom is 0.342 e. The van der Waals surface area contributed by atoms with Crippen molar-refractivity contribution in [2.45, 2.75) is 64.9 Å². The van der Waals surface area contributed by atoms with Crippen molar-refractivity contribution in [3.05, 3.63) is 65.2 Å². The molecule has 0 N–H and O–H groups in total. The molecular formula is C32H40O11. The van der Waals surface area contributed by atoms with Crippen LogP contribution in [0.3, 0.4) is 0 Å². The highest BCUT2D eigenvalue weighted by atomic mass is 16.6. The average molecular weight is 601 g/mol. The number of unbranched alkanes of at least 4 members (excludes halogenated alkanes) is 1. The molecular weight excluding hydrogens is 560 g/mol. The molecule has 11 nitrogen and oxygen atoms in total. The summed E-state index contributed by atoms with van der Waals surface area (Å²) in [5.74, 6) is -1.78. The maximum atomic E-state index is 12.1. The Morgan fingerprint density at radius 3 is 1.84 bits per heavy atom. The van der Waals surface area contributed by atoms with Crippen molar-refractivity contribution in [1.82, 2.24) is 0 Å². The highest BCUT2D eigenvalue weighted by Gasteiger charge is 2.21. The number of hydrogen-bond donors (Lipinski definition) is 0. The van der Waals surface area contributed by atoms with E-state index < -0.39 is 18.0 Å². The average Bonchev–Trinajstić information content (AvgIpc) is 3.01. The quantitative estimate of drug-likeness (QED) is 0.151. The lowest BCUT2D eigenvalue weighted by molar-refractivity contribution is -0.141. The SMILES string of the molecule is COC(=O)CCCC(OC(=O)c1ccccc1C)C(C)=O.COC(=O)CCCCC(=O)COC(=O)c1ccccc1OC. The molecule has 0 saturated heterocycles. The number of ether oxygens (including phenoxy) is 5. The highest BCUT2D eigenvalue weighted by molar-refractivity contribution is 5.94. The van der Waals surface area contributed by atoms with Gasteiger partial charge in [-0.05, 0) is 63.3 Å². The first-order valence-corrected chi connectivity index (χ1v) is 13.8. The van der Waals surface area contributed by atoms with Crippen molar-refractivity contribution >= 4 is 35.4 Å². The van der Waals surface area contributed by atoms with E-state index >= 15 is 0 Å². The number of benzene rings is 2. The third-order valence-electron chi connectivity index (χ3n) is 6.15. The number of ketones is 2. The van der Waals surface area contributed by atoms with Gasteiger partial charge in [-0.25, -0.2) is 9.59 Å². The Bertz CT molecular complexity index is 1240. The molecule has 2 rings (SSSR count). The third-order valence-corrected chi connectivity index (χ3v) is 6.15. The van der Waals surface area contributed by atoms with Crippen molar-refractivity contribution in [1.29, 1.82) is 0 Å². The summed E-state index contributed by atoms with van der Waals surface area (Å²) in [6, 6.07) is 13.7. The van der Waals surface area contributed by atoms with E-state index in [0.717, 1.165) is 5.56 Å². The summed E-state index contributed by atoms with van der Waals surface area (Å²) >= 11 is 0. The molecule has 0 aliphatic carbocycles. The molecule has 11 heteroatoms. The van der Waals surface area contributed by atoms with Gasteiger partial charge in [0, 0.05) is 19.3 Å². The number of carbonyl (C=O) groups is 6. The lowest BCUT2D eigenvalue weighted by atomic mass is 10.1. The van der Waals surface area contributed by atoms with Crippen molar-refractivity contribution in [2.75, 3.05) is 27.9 Å². The molecule has 0 bridgehead atoms. The van der Waals surface area contributed by atoms with Crippen molar-refractivity contribution < 1.29 is 52.5 Å². The molecule has 0 aromatic heterocycles. The number of methoxy groups -OCH3 is 3. The van der Waals surface area contributed by atoms with E-state index in [4.69, 9.17) is 14.2 Å². The summed E-state index contributed by atoms with van der Waals surface area (Å²) < 4.78 is 24.3. The van der Waals surface area contributed by atoms with Crippen LogP contribution in [0.15, 0.2) is 48.5 Å². The summed E-state index contributed by atoms with van der Waals surface area (Å²) in [5, 5.41) is 0. The number of carbonyl (C=O) groups excluding carboxylic acids is 6. The lowest BCUT2D eigenvalue weighted by Crippen LogP contribution is -2.26. The molecule has 2 aromatic rings. The fourth-order valence-corrected chi connectivity index (χ4v) is 3.68. The van der Waals surface area contributed by atoms with E-state index in [9.17, 15) is 28.8 Å². The Labute approximate surface area is 251 Å². The molecule has 234 valence electrons. The van der Waals surface area contributed by atoms with Gasteiger partial charge in [0.2, 0.25) is 0 Å². The fraction of sp³-hybridized carbons (Fsp3) is 0.438. The van der Waals surface area contributed by atoms with Crippen LogP contribution >= 0.6 is 0 Å². The molecule has 1 atom stereocenters. The number of hydrogen-bond acceptors (Lipinski definition) is 11. The van der Waals surface area contributed by atoms with Gasteiger partial charge in [0.05, 0.1) is 26.9 Å². The highest BCUT2D eigenvalue weighted by Crippen LogP contribution is 2.18. The van der Waals surface area contributed by atoms with Crippen LogP contribution in [0.25, 0.3) is 0 Å². The number of para-hydroxylation sites is 1. The first-order chi connectivity index (χ1) is 20.5. The van der Waals surface area contributed by atoms with Gasteiger partial charge in [-0.2, -0.15) is 0 Å². The Hall–Kier alpha value is -4.54. The van der Waals surface area contributed by atoms with Gasteiger partial charge in [-0.1, -0.05) is 30.3 Å². The largest absolute Gasteiger partial charge is 0.496 e. The molecule has 0 spiro atoms. The van der Waals surface area contributed by atoms with Crippen LogP contribution in [-0.4, -0.2) is 69.5 Å². The van der Waals surface area contributed by atoms with Gasteiger partial charge in [-0.15, -0.1) is 0 Å². The van der Waals surface area contributed by atoms with Crippen LogP contribution in [0.1, 0.15) is 78.1 Å². The van der Waals surface area contributed by atoms with E-state index in [0.29, 0.717) is 37.0 Å².